The first kappa shape index (κ1) is 16.3. The van der Waals surface area contributed by atoms with Crippen molar-refractivity contribution in [2.45, 2.75) is 18.9 Å². The minimum absolute atomic E-state index is 0.0121. The molecule has 1 aromatic heterocycles. The Bertz CT molecular complexity index is 767. The van der Waals surface area contributed by atoms with E-state index in [0.717, 1.165) is 42.8 Å². The van der Waals surface area contributed by atoms with E-state index in [-0.39, 0.29) is 5.91 Å². The number of hydrogen-bond acceptors (Lipinski definition) is 4. The number of rotatable bonds is 3. The summed E-state index contributed by atoms with van der Waals surface area (Å²) in [6.45, 7) is 3.50. The van der Waals surface area contributed by atoms with Crippen LogP contribution >= 0.6 is 34.5 Å². The van der Waals surface area contributed by atoms with Gasteiger partial charge in [-0.2, -0.15) is 0 Å². The molecule has 0 spiro atoms. The van der Waals surface area contributed by atoms with Crippen molar-refractivity contribution in [2.24, 2.45) is 0 Å². The Morgan fingerprint density at radius 2 is 1.92 bits per heavy atom. The zero-order valence-corrected chi connectivity index (χ0v) is 15.4. The standard InChI is InChI=1S/C17H17Cl2N3OS/c18-11-1-4-13(14(19)9-11)16-20-15(10-24-16)17(23)22-7-5-21(6-8-22)12-2-3-12/h1,4,9-10,12H,2-3,5-8H2. The van der Waals surface area contributed by atoms with Gasteiger partial charge in [0.1, 0.15) is 10.7 Å². The monoisotopic (exact) mass is 381 g/mol. The van der Waals surface area contributed by atoms with Crippen LogP contribution in [0.1, 0.15) is 23.3 Å². The molecule has 1 amide bonds. The SMILES string of the molecule is O=C(c1csc(-c2ccc(Cl)cc2Cl)n1)N1CCN(C2CC2)CC1. The van der Waals surface area contributed by atoms with E-state index < -0.39 is 0 Å². The minimum Gasteiger partial charge on any atom is -0.335 e. The maximum Gasteiger partial charge on any atom is 0.273 e. The van der Waals surface area contributed by atoms with Crippen molar-refractivity contribution in [3.05, 3.63) is 39.3 Å². The van der Waals surface area contributed by atoms with Crippen LogP contribution in [0.5, 0.6) is 0 Å². The summed E-state index contributed by atoms with van der Waals surface area (Å²) in [5.41, 5.74) is 1.31. The number of benzene rings is 1. The highest BCUT2D eigenvalue weighted by molar-refractivity contribution is 7.13. The molecule has 4 rings (SSSR count). The molecule has 7 heteroatoms. The molecule has 1 saturated carbocycles. The summed E-state index contributed by atoms with van der Waals surface area (Å²) in [6, 6.07) is 6.08. The van der Waals surface area contributed by atoms with Crippen LogP contribution in [0.15, 0.2) is 23.6 Å². The largest absolute Gasteiger partial charge is 0.335 e. The van der Waals surface area contributed by atoms with Crippen LogP contribution in [-0.4, -0.2) is 52.9 Å². The van der Waals surface area contributed by atoms with E-state index in [4.69, 9.17) is 23.2 Å². The zero-order chi connectivity index (χ0) is 16.7. The third-order valence-corrected chi connectivity index (χ3v) is 5.97. The van der Waals surface area contributed by atoms with E-state index in [9.17, 15) is 4.79 Å². The number of carbonyl (C=O) groups excluding carboxylic acids is 1. The van der Waals surface area contributed by atoms with Crippen molar-refractivity contribution >= 4 is 40.4 Å². The fourth-order valence-corrected chi connectivity index (χ4v) is 4.44. The van der Waals surface area contributed by atoms with Crippen molar-refractivity contribution in [3.8, 4) is 10.6 Å². The zero-order valence-electron chi connectivity index (χ0n) is 13.0. The highest BCUT2D eigenvalue weighted by Gasteiger charge is 2.32. The van der Waals surface area contributed by atoms with Gasteiger partial charge in [0.05, 0.1) is 5.02 Å². The average Bonchev–Trinajstić information content (AvgIpc) is 3.32. The van der Waals surface area contributed by atoms with Crippen LogP contribution < -0.4 is 0 Å². The van der Waals surface area contributed by atoms with Gasteiger partial charge in [-0.15, -0.1) is 11.3 Å². The molecule has 4 nitrogen and oxygen atoms in total. The van der Waals surface area contributed by atoms with Gasteiger partial charge in [-0.1, -0.05) is 23.2 Å². The van der Waals surface area contributed by atoms with Crippen molar-refractivity contribution in [1.82, 2.24) is 14.8 Å². The lowest BCUT2D eigenvalue weighted by molar-refractivity contribution is 0.0622. The number of halogens is 2. The molecule has 0 radical (unpaired) electrons. The third kappa shape index (κ3) is 3.31. The molecule has 1 aliphatic heterocycles. The molecule has 1 aromatic carbocycles. The molecule has 2 aromatic rings. The third-order valence-electron chi connectivity index (χ3n) is 4.55. The molecule has 0 unspecified atom stereocenters. The maximum absolute atomic E-state index is 12.7. The van der Waals surface area contributed by atoms with E-state index in [0.29, 0.717) is 15.7 Å². The Balaban J connectivity index is 1.47. The molecular formula is C17H17Cl2N3OS. The molecule has 0 atom stereocenters. The molecule has 2 aliphatic rings. The van der Waals surface area contributed by atoms with E-state index in [2.05, 4.69) is 9.88 Å². The number of piperazine rings is 1. The molecule has 1 saturated heterocycles. The van der Waals surface area contributed by atoms with Gasteiger partial charge in [0.15, 0.2) is 0 Å². The van der Waals surface area contributed by atoms with E-state index in [1.807, 2.05) is 16.3 Å². The van der Waals surface area contributed by atoms with Gasteiger partial charge in [0.25, 0.3) is 5.91 Å². The number of aromatic nitrogens is 1. The Labute approximate surface area is 155 Å². The average molecular weight is 382 g/mol. The van der Waals surface area contributed by atoms with Crippen LogP contribution in [0, 0.1) is 0 Å². The van der Waals surface area contributed by atoms with Crippen LogP contribution in [0.2, 0.25) is 10.0 Å². The topological polar surface area (TPSA) is 36.4 Å². The van der Waals surface area contributed by atoms with Crippen LogP contribution in [-0.2, 0) is 0 Å². The van der Waals surface area contributed by atoms with Gasteiger partial charge in [-0.25, -0.2) is 4.98 Å². The Hall–Kier alpha value is -1.14. The van der Waals surface area contributed by atoms with Crippen molar-refractivity contribution in [1.29, 1.82) is 0 Å². The quantitative estimate of drug-likeness (QED) is 0.804. The predicted molar refractivity (Wildman–Crippen MR) is 98.1 cm³/mol. The summed E-state index contributed by atoms with van der Waals surface area (Å²) < 4.78 is 0. The number of hydrogen-bond donors (Lipinski definition) is 0. The van der Waals surface area contributed by atoms with Crippen LogP contribution in [0.3, 0.4) is 0 Å². The van der Waals surface area contributed by atoms with Gasteiger partial charge >= 0.3 is 0 Å². The van der Waals surface area contributed by atoms with Crippen molar-refractivity contribution in [3.63, 3.8) is 0 Å². The normalized spacial score (nSPS) is 18.8. The number of carbonyl (C=O) groups is 1. The maximum atomic E-state index is 12.7. The Morgan fingerprint density at radius 1 is 1.17 bits per heavy atom. The van der Waals surface area contributed by atoms with Gasteiger partial charge < -0.3 is 4.90 Å². The van der Waals surface area contributed by atoms with E-state index in [1.54, 1.807) is 12.1 Å². The highest BCUT2D eigenvalue weighted by Crippen LogP contribution is 2.33. The lowest BCUT2D eigenvalue weighted by atomic mass is 10.2. The summed E-state index contributed by atoms with van der Waals surface area (Å²) >= 11 is 13.6. The first-order valence-corrected chi connectivity index (χ1v) is 9.69. The first-order chi connectivity index (χ1) is 11.6. The second kappa shape index (κ2) is 6.64. The van der Waals surface area contributed by atoms with Gasteiger partial charge in [-0.05, 0) is 31.0 Å². The molecule has 2 heterocycles. The second-order valence-corrected chi connectivity index (χ2v) is 7.92. The molecular weight excluding hydrogens is 365 g/mol. The van der Waals surface area contributed by atoms with E-state index >= 15 is 0 Å². The molecule has 126 valence electrons. The van der Waals surface area contributed by atoms with Crippen LogP contribution in [0.4, 0.5) is 0 Å². The van der Waals surface area contributed by atoms with Crippen molar-refractivity contribution in [2.75, 3.05) is 26.2 Å². The fourth-order valence-electron chi connectivity index (χ4n) is 3.05. The highest BCUT2D eigenvalue weighted by atomic mass is 35.5. The lowest BCUT2D eigenvalue weighted by Gasteiger charge is -2.34. The first-order valence-electron chi connectivity index (χ1n) is 8.06. The Kier molecular flexibility index (Phi) is 4.52. The van der Waals surface area contributed by atoms with E-state index in [1.165, 1.54) is 24.2 Å². The summed E-state index contributed by atoms with van der Waals surface area (Å²) in [5, 5.41) is 3.70. The smallest absolute Gasteiger partial charge is 0.273 e. The van der Waals surface area contributed by atoms with Gasteiger partial charge in [-0.3, -0.25) is 9.69 Å². The summed E-state index contributed by atoms with van der Waals surface area (Å²) in [5.74, 6) is 0.0121. The predicted octanol–water partition coefficient (Wildman–Crippen LogP) is 4.04. The van der Waals surface area contributed by atoms with Gasteiger partial charge in [0, 0.05) is 48.2 Å². The van der Waals surface area contributed by atoms with Crippen LogP contribution in [0.25, 0.3) is 10.6 Å². The minimum atomic E-state index is 0.0121. The Morgan fingerprint density at radius 3 is 2.58 bits per heavy atom. The molecule has 1 aliphatic carbocycles. The molecule has 0 N–H and O–H groups in total. The second-order valence-electron chi connectivity index (χ2n) is 6.22. The number of thiazole rings is 1. The summed E-state index contributed by atoms with van der Waals surface area (Å²) in [4.78, 5) is 21.6. The van der Waals surface area contributed by atoms with Crippen molar-refractivity contribution < 1.29 is 4.79 Å². The molecule has 2 fully saturated rings. The number of amides is 1. The molecule has 0 bridgehead atoms. The van der Waals surface area contributed by atoms with Gasteiger partial charge in [0.2, 0.25) is 0 Å². The number of nitrogens with zero attached hydrogens (tertiary/aromatic N) is 3. The fraction of sp³-hybridized carbons (Fsp3) is 0.412. The summed E-state index contributed by atoms with van der Waals surface area (Å²) in [7, 11) is 0. The lowest BCUT2D eigenvalue weighted by Crippen LogP contribution is -2.49. The summed E-state index contributed by atoms with van der Waals surface area (Å²) in [6.07, 6.45) is 2.62. The molecule has 24 heavy (non-hydrogen) atoms.